The molecule has 0 saturated heterocycles. The summed E-state index contributed by atoms with van der Waals surface area (Å²) in [4.78, 5) is 7.94. The second kappa shape index (κ2) is 4.70. The SMILES string of the molecule is COc1cccc2c1CN(C)C(c1ncc(C)s1)=C2. The molecule has 1 aliphatic heterocycles. The number of benzene rings is 1. The first kappa shape index (κ1) is 12.2. The Balaban J connectivity index is 2.10. The number of fused-ring (bicyclic) bond motifs is 1. The minimum Gasteiger partial charge on any atom is -0.496 e. The first-order valence-corrected chi connectivity index (χ1v) is 7.02. The second-order valence-electron chi connectivity index (χ2n) is 4.69. The lowest BCUT2D eigenvalue weighted by atomic mass is 10.0. The van der Waals surface area contributed by atoms with E-state index in [1.165, 1.54) is 21.7 Å². The molecule has 1 aromatic heterocycles. The van der Waals surface area contributed by atoms with Gasteiger partial charge < -0.3 is 9.64 Å². The molecule has 4 heteroatoms. The van der Waals surface area contributed by atoms with E-state index in [0.29, 0.717) is 0 Å². The lowest BCUT2D eigenvalue weighted by Gasteiger charge is -2.28. The molecule has 0 amide bonds. The number of hydrogen-bond donors (Lipinski definition) is 0. The Bertz CT molecular complexity index is 645. The van der Waals surface area contributed by atoms with Crippen molar-refractivity contribution in [1.82, 2.24) is 9.88 Å². The Morgan fingerprint density at radius 1 is 1.37 bits per heavy atom. The van der Waals surface area contributed by atoms with E-state index in [0.717, 1.165) is 17.3 Å². The number of rotatable bonds is 2. The Kier molecular flexibility index (Phi) is 3.03. The summed E-state index contributed by atoms with van der Waals surface area (Å²) in [6.07, 6.45) is 4.12. The summed E-state index contributed by atoms with van der Waals surface area (Å²) in [6, 6.07) is 6.18. The topological polar surface area (TPSA) is 25.4 Å². The predicted molar refractivity (Wildman–Crippen MR) is 79.2 cm³/mol. The van der Waals surface area contributed by atoms with Crippen LogP contribution in [0, 0.1) is 6.92 Å². The maximum Gasteiger partial charge on any atom is 0.139 e. The van der Waals surface area contributed by atoms with Gasteiger partial charge in [0.15, 0.2) is 0 Å². The molecule has 0 unspecified atom stereocenters. The molecule has 0 fully saturated rings. The minimum absolute atomic E-state index is 0.851. The third kappa shape index (κ3) is 2.12. The molecule has 0 N–H and O–H groups in total. The molecular weight excluding hydrogens is 256 g/mol. The molecule has 19 heavy (non-hydrogen) atoms. The molecule has 3 rings (SSSR count). The third-order valence-electron chi connectivity index (χ3n) is 3.33. The van der Waals surface area contributed by atoms with Crippen molar-refractivity contribution in [2.24, 2.45) is 0 Å². The molecule has 3 nitrogen and oxygen atoms in total. The fourth-order valence-corrected chi connectivity index (χ4v) is 3.19. The number of hydrogen-bond acceptors (Lipinski definition) is 4. The second-order valence-corrected chi connectivity index (χ2v) is 5.92. The Hall–Kier alpha value is -1.81. The number of methoxy groups -OCH3 is 1. The van der Waals surface area contributed by atoms with Crippen molar-refractivity contribution in [2.75, 3.05) is 14.2 Å². The van der Waals surface area contributed by atoms with E-state index in [-0.39, 0.29) is 0 Å². The van der Waals surface area contributed by atoms with E-state index < -0.39 is 0 Å². The van der Waals surface area contributed by atoms with E-state index in [1.54, 1.807) is 18.4 Å². The molecule has 0 saturated carbocycles. The van der Waals surface area contributed by atoms with Crippen LogP contribution in [-0.2, 0) is 6.54 Å². The molecule has 0 bridgehead atoms. The van der Waals surface area contributed by atoms with Crippen LogP contribution in [0.1, 0.15) is 21.0 Å². The molecule has 0 atom stereocenters. The van der Waals surface area contributed by atoms with E-state index in [1.807, 2.05) is 18.3 Å². The summed E-state index contributed by atoms with van der Waals surface area (Å²) >= 11 is 1.73. The quantitative estimate of drug-likeness (QED) is 0.837. The number of aromatic nitrogens is 1. The molecule has 2 aromatic rings. The fourth-order valence-electron chi connectivity index (χ4n) is 2.36. The van der Waals surface area contributed by atoms with Gasteiger partial charge in [0, 0.05) is 30.2 Å². The van der Waals surface area contributed by atoms with Gasteiger partial charge in [-0.3, -0.25) is 0 Å². The molecular formula is C15H16N2OS. The molecule has 2 heterocycles. The van der Waals surface area contributed by atoms with Crippen LogP contribution in [-0.4, -0.2) is 24.0 Å². The van der Waals surface area contributed by atoms with Crippen molar-refractivity contribution in [3.8, 4) is 5.75 Å². The summed E-state index contributed by atoms with van der Waals surface area (Å²) in [5, 5.41) is 1.08. The summed E-state index contributed by atoms with van der Waals surface area (Å²) in [5.41, 5.74) is 3.64. The number of nitrogens with zero attached hydrogens (tertiary/aromatic N) is 2. The van der Waals surface area contributed by atoms with Gasteiger partial charge in [-0.2, -0.15) is 0 Å². The highest BCUT2D eigenvalue weighted by molar-refractivity contribution is 7.12. The highest BCUT2D eigenvalue weighted by Gasteiger charge is 2.20. The van der Waals surface area contributed by atoms with Gasteiger partial charge in [-0.05, 0) is 24.6 Å². The van der Waals surface area contributed by atoms with E-state index in [9.17, 15) is 0 Å². The zero-order valence-corrected chi connectivity index (χ0v) is 12.1. The summed E-state index contributed by atoms with van der Waals surface area (Å²) in [7, 11) is 3.82. The molecule has 0 spiro atoms. The maximum absolute atomic E-state index is 5.44. The van der Waals surface area contributed by atoms with Crippen LogP contribution in [0.4, 0.5) is 0 Å². The van der Waals surface area contributed by atoms with Crippen molar-refractivity contribution in [2.45, 2.75) is 13.5 Å². The standard InChI is InChI=1S/C15H16N2OS/c1-10-8-16-15(19-10)13-7-11-5-4-6-14(18-3)12(11)9-17(13)2/h4-8H,9H2,1-3H3. The van der Waals surface area contributed by atoms with Gasteiger partial charge in [-0.15, -0.1) is 11.3 Å². The van der Waals surface area contributed by atoms with Gasteiger partial charge in [0.05, 0.1) is 12.8 Å². The van der Waals surface area contributed by atoms with Gasteiger partial charge >= 0.3 is 0 Å². The smallest absolute Gasteiger partial charge is 0.139 e. The van der Waals surface area contributed by atoms with Crippen molar-refractivity contribution < 1.29 is 4.74 Å². The molecule has 0 aliphatic carbocycles. The van der Waals surface area contributed by atoms with Crippen LogP contribution in [0.5, 0.6) is 5.75 Å². The first-order valence-electron chi connectivity index (χ1n) is 6.20. The summed E-state index contributed by atoms with van der Waals surface area (Å²) in [5.74, 6) is 0.954. The zero-order valence-electron chi connectivity index (χ0n) is 11.3. The summed E-state index contributed by atoms with van der Waals surface area (Å²) in [6.45, 7) is 2.94. The Morgan fingerprint density at radius 2 is 2.21 bits per heavy atom. The number of ether oxygens (including phenoxy) is 1. The van der Waals surface area contributed by atoms with Crippen LogP contribution in [0.2, 0.25) is 0 Å². The largest absolute Gasteiger partial charge is 0.496 e. The van der Waals surface area contributed by atoms with Gasteiger partial charge in [0.25, 0.3) is 0 Å². The molecule has 98 valence electrons. The average molecular weight is 272 g/mol. The van der Waals surface area contributed by atoms with E-state index in [2.05, 4.69) is 36.0 Å². The zero-order chi connectivity index (χ0) is 13.4. The third-order valence-corrected chi connectivity index (χ3v) is 4.26. The van der Waals surface area contributed by atoms with E-state index >= 15 is 0 Å². The molecule has 1 aliphatic rings. The van der Waals surface area contributed by atoms with Crippen LogP contribution in [0.25, 0.3) is 11.8 Å². The van der Waals surface area contributed by atoms with Gasteiger partial charge in [0.1, 0.15) is 10.8 Å². The van der Waals surface area contributed by atoms with Crippen molar-refractivity contribution in [3.05, 3.63) is 45.4 Å². The van der Waals surface area contributed by atoms with Gasteiger partial charge in [0.2, 0.25) is 0 Å². The summed E-state index contributed by atoms with van der Waals surface area (Å²) < 4.78 is 5.44. The lowest BCUT2D eigenvalue weighted by molar-refractivity contribution is 0.393. The van der Waals surface area contributed by atoms with Crippen molar-refractivity contribution in [3.63, 3.8) is 0 Å². The van der Waals surface area contributed by atoms with Gasteiger partial charge in [-0.1, -0.05) is 12.1 Å². The van der Waals surface area contributed by atoms with Crippen LogP contribution < -0.4 is 4.74 Å². The van der Waals surface area contributed by atoms with E-state index in [4.69, 9.17) is 4.74 Å². The maximum atomic E-state index is 5.44. The normalized spacial score (nSPS) is 14.1. The lowest BCUT2D eigenvalue weighted by Crippen LogP contribution is -2.20. The van der Waals surface area contributed by atoms with Crippen LogP contribution >= 0.6 is 11.3 Å². The highest BCUT2D eigenvalue weighted by atomic mass is 32.1. The molecule has 1 aromatic carbocycles. The highest BCUT2D eigenvalue weighted by Crippen LogP contribution is 2.35. The number of aryl methyl sites for hydroxylation is 1. The fraction of sp³-hybridized carbons (Fsp3) is 0.267. The average Bonchev–Trinajstić information content (AvgIpc) is 2.84. The van der Waals surface area contributed by atoms with Gasteiger partial charge in [-0.25, -0.2) is 4.98 Å². The van der Waals surface area contributed by atoms with Crippen LogP contribution in [0.3, 0.4) is 0 Å². The Morgan fingerprint density at radius 3 is 2.89 bits per heavy atom. The predicted octanol–water partition coefficient (Wildman–Crippen LogP) is 3.40. The Labute approximate surface area is 117 Å². The monoisotopic (exact) mass is 272 g/mol. The van der Waals surface area contributed by atoms with Crippen molar-refractivity contribution >= 4 is 23.1 Å². The number of thiazole rings is 1. The molecule has 0 radical (unpaired) electrons. The van der Waals surface area contributed by atoms with Crippen molar-refractivity contribution in [1.29, 1.82) is 0 Å². The minimum atomic E-state index is 0.851. The van der Waals surface area contributed by atoms with Crippen LogP contribution in [0.15, 0.2) is 24.4 Å². The first-order chi connectivity index (χ1) is 9.19.